The van der Waals surface area contributed by atoms with Gasteiger partial charge >= 0.3 is 53.6 Å². The molecule has 0 spiro atoms. The van der Waals surface area contributed by atoms with Crippen LogP contribution in [0.4, 0.5) is 0 Å². The van der Waals surface area contributed by atoms with Gasteiger partial charge in [-0.3, -0.25) is 0 Å². The number of nitrogens with zero attached hydrogens (tertiary/aromatic N) is 1. The molecule has 0 radical (unpaired) electrons. The Bertz CT molecular complexity index is 911. The van der Waals surface area contributed by atoms with Crippen LogP contribution in [-0.4, -0.2) is 13.3 Å². The fraction of sp³-hybridized carbons (Fsp3) is 0. The first-order valence-electron chi connectivity index (χ1n) is 6.04. The second-order valence-electron chi connectivity index (χ2n) is 4.30. The van der Waals surface area contributed by atoms with Crippen LogP contribution in [0.1, 0.15) is 0 Å². The van der Waals surface area contributed by atoms with E-state index in [1.807, 2.05) is 36.4 Å². The van der Waals surface area contributed by atoms with E-state index in [9.17, 15) is 15.2 Å². The minimum Gasteiger partial charge on any atom is -0.248 e. The van der Waals surface area contributed by atoms with E-state index in [-0.39, 0.29) is 0 Å². The summed E-state index contributed by atoms with van der Waals surface area (Å²) in [5.41, 5.74) is 2.12. The molecule has 0 saturated carbocycles. The number of benzene rings is 2. The van der Waals surface area contributed by atoms with Crippen LogP contribution in [0.15, 0.2) is 54.6 Å². The van der Waals surface area contributed by atoms with Gasteiger partial charge < -0.3 is 0 Å². The standard InChI is InChI=1S/C13H9N.2Cr.2H2O.5O/c1-3-7-12-10(5-1)9-11-6-2-4-8-13(11)14-12;;;;;;;;;/h1-9H;;;2*1H2;;;;;/q;2*+1;;;;;;;/p-2. The number of hydrogen-bond donors (Lipinski definition) is 2. The molecule has 0 saturated heterocycles. The molecule has 3 rings (SSSR count). The normalized spacial score (nSPS) is 11.9. The molecule has 0 aliphatic heterocycles. The molecule has 1 aromatic heterocycles. The first-order chi connectivity index (χ1) is 10.6. The van der Waals surface area contributed by atoms with Gasteiger partial charge in [-0.25, -0.2) is 4.98 Å². The minimum absolute atomic E-state index is 1.06. The van der Waals surface area contributed by atoms with Gasteiger partial charge in [-0.05, 0) is 18.2 Å². The van der Waals surface area contributed by atoms with Crippen LogP contribution >= 0.6 is 0 Å². The summed E-state index contributed by atoms with van der Waals surface area (Å²) < 4.78 is 56.3. The summed E-state index contributed by atoms with van der Waals surface area (Å²) >= 11 is -11.5. The molecule has 0 aliphatic rings. The molecule has 2 aromatic carbocycles. The maximum atomic E-state index is 9.53. The molecular weight excluding hydrogens is 386 g/mol. The van der Waals surface area contributed by atoms with Crippen molar-refractivity contribution in [2.45, 2.75) is 0 Å². The Labute approximate surface area is 135 Å². The van der Waals surface area contributed by atoms with E-state index in [1.54, 1.807) is 0 Å². The molecule has 2 N–H and O–H groups in total. The summed E-state index contributed by atoms with van der Waals surface area (Å²) in [7, 11) is 0. The summed E-state index contributed by atoms with van der Waals surface area (Å²) in [4.78, 5) is 4.58. The van der Waals surface area contributed by atoms with Crippen LogP contribution in [-0.2, 0) is 45.3 Å². The van der Waals surface area contributed by atoms with Crippen molar-refractivity contribution in [2.24, 2.45) is 0 Å². The zero-order chi connectivity index (χ0) is 17.1. The van der Waals surface area contributed by atoms with Crippen molar-refractivity contribution < 1.29 is 53.6 Å². The number of aromatic nitrogens is 1. The molecule has 122 valence electrons. The van der Waals surface area contributed by atoms with Crippen molar-refractivity contribution in [3.8, 4) is 0 Å². The van der Waals surface area contributed by atoms with E-state index in [2.05, 4.69) is 26.0 Å². The van der Waals surface area contributed by atoms with Gasteiger partial charge in [0.1, 0.15) is 0 Å². The number of fused-ring (bicyclic) bond motifs is 2. The molecule has 0 fully saturated rings. The van der Waals surface area contributed by atoms with E-state index >= 15 is 0 Å². The van der Waals surface area contributed by atoms with Crippen molar-refractivity contribution in [1.29, 1.82) is 0 Å². The molecule has 8 nitrogen and oxygen atoms in total. The first kappa shape index (κ1) is 17.6. The molecule has 0 atom stereocenters. The average Bonchev–Trinajstić information content (AvgIpc) is 2.41. The molecule has 0 amide bonds. The molecule has 0 unspecified atom stereocenters. The van der Waals surface area contributed by atoms with Crippen molar-refractivity contribution in [1.82, 2.24) is 4.98 Å². The van der Waals surface area contributed by atoms with E-state index in [0.717, 1.165) is 11.0 Å². The Hall–Kier alpha value is -1.75. The van der Waals surface area contributed by atoms with E-state index < -0.39 is 27.2 Å². The van der Waals surface area contributed by atoms with Crippen LogP contribution in [0, 0.1) is 0 Å². The Balaban J connectivity index is 0.000000188. The topological polar surface area (TPSA) is 131 Å². The number of rotatable bonds is 2. The smallest absolute Gasteiger partial charge is 0.0709 e. The molecule has 0 aliphatic carbocycles. The quantitative estimate of drug-likeness (QED) is 0.625. The summed E-state index contributed by atoms with van der Waals surface area (Å²) in [5, 5.41) is 2.40. The maximum absolute atomic E-state index is 9.53. The third-order valence-electron chi connectivity index (χ3n) is 2.60. The Kier molecular flexibility index (Phi) is 5.20. The van der Waals surface area contributed by atoms with Gasteiger partial charge in [-0.1, -0.05) is 36.4 Å². The molecule has 23 heavy (non-hydrogen) atoms. The summed E-state index contributed by atoms with van der Waals surface area (Å²) in [6.07, 6.45) is 0. The van der Waals surface area contributed by atoms with Crippen molar-refractivity contribution in [3.63, 3.8) is 0 Å². The first-order valence-corrected chi connectivity index (χ1v) is 10.3. The van der Waals surface area contributed by atoms with E-state index in [1.165, 1.54) is 10.8 Å². The van der Waals surface area contributed by atoms with Gasteiger partial charge in [0.05, 0.1) is 11.0 Å². The van der Waals surface area contributed by atoms with E-state index in [0.29, 0.717) is 0 Å². The zero-order valence-electron chi connectivity index (χ0n) is 11.4. The van der Waals surface area contributed by atoms with Crippen molar-refractivity contribution in [2.75, 3.05) is 0 Å². The van der Waals surface area contributed by atoms with Crippen molar-refractivity contribution in [3.05, 3.63) is 54.6 Å². The monoisotopic (exact) mass is 397 g/mol. The predicted octanol–water partition coefficient (Wildman–Crippen LogP) is 1.73. The van der Waals surface area contributed by atoms with Gasteiger partial charge in [0.25, 0.3) is 0 Å². The number of para-hydroxylation sites is 2. The molecule has 10 heteroatoms. The Morgan fingerprint density at radius 2 is 1.13 bits per heavy atom. The third kappa shape index (κ3) is 5.75. The van der Waals surface area contributed by atoms with Crippen molar-refractivity contribution >= 4 is 21.8 Å². The Morgan fingerprint density at radius 3 is 1.48 bits per heavy atom. The van der Waals surface area contributed by atoms with E-state index in [4.69, 9.17) is 8.32 Å². The minimum atomic E-state index is -5.76. The Morgan fingerprint density at radius 1 is 0.739 bits per heavy atom. The fourth-order valence-electron chi connectivity index (χ4n) is 1.83. The van der Waals surface area contributed by atoms with Crippen LogP contribution in [0.25, 0.3) is 21.8 Å². The average molecular weight is 397 g/mol. The number of pyridine rings is 1. The molecule has 3 aromatic rings. The van der Waals surface area contributed by atoms with Gasteiger partial charge in [0, 0.05) is 10.8 Å². The summed E-state index contributed by atoms with van der Waals surface area (Å²) in [6.45, 7) is 0. The van der Waals surface area contributed by atoms with Gasteiger partial charge in [0.15, 0.2) is 0 Å². The largest absolute Gasteiger partial charge is 0.248 e. The zero-order valence-corrected chi connectivity index (χ0v) is 13.9. The summed E-state index contributed by atoms with van der Waals surface area (Å²) in [5.74, 6) is 0. The molecule has 0 bridgehead atoms. The van der Waals surface area contributed by atoms with Crippen LogP contribution < -0.4 is 0 Å². The summed E-state index contributed by atoms with van der Waals surface area (Å²) in [6, 6.07) is 18.6. The SMILES string of the molecule is [O]=[Cr](=[O])([OH])[O][Cr](=[O])(=[O])[OH].c1ccc2nc3ccccc3cc2c1. The molecular formula is C13H11Cr2NO7. The second kappa shape index (κ2) is 6.79. The fourth-order valence-corrected chi connectivity index (χ4v) is 3.57. The predicted molar refractivity (Wildman–Crippen MR) is 67.5 cm³/mol. The van der Waals surface area contributed by atoms with Crippen LogP contribution in [0.5, 0.6) is 0 Å². The van der Waals surface area contributed by atoms with Gasteiger partial charge in [-0.2, -0.15) is 0 Å². The van der Waals surface area contributed by atoms with Gasteiger partial charge in [0.2, 0.25) is 0 Å². The second-order valence-corrected chi connectivity index (χ2v) is 8.06. The number of hydrogen-bond acceptors (Lipinski definition) is 6. The van der Waals surface area contributed by atoms with Crippen LogP contribution in [0.2, 0.25) is 0 Å². The van der Waals surface area contributed by atoms with Crippen LogP contribution in [0.3, 0.4) is 0 Å². The maximum Gasteiger partial charge on any atom is 0.0709 e. The molecule has 1 heterocycles. The third-order valence-corrected chi connectivity index (χ3v) is 5.35. The van der Waals surface area contributed by atoms with Gasteiger partial charge in [-0.15, -0.1) is 0 Å².